The summed E-state index contributed by atoms with van der Waals surface area (Å²) in [6.45, 7) is 5.62. The van der Waals surface area contributed by atoms with E-state index in [-0.39, 0.29) is 0 Å². The first-order valence-corrected chi connectivity index (χ1v) is 5.94. The van der Waals surface area contributed by atoms with Crippen molar-refractivity contribution in [2.24, 2.45) is 0 Å². The molecule has 0 amide bonds. The van der Waals surface area contributed by atoms with Gasteiger partial charge in [-0.3, -0.25) is 0 Å². The van der Waals surface area contributed by atoms with Gasteiger partial charge in [0.15, 0.2) is 0 Å². The van der Waals surface area contributed by atoms with Gasteiger partial charge in [0.2, 0.25) is 0 Å². The molecule has 0 spiro atoms. The van der Waals surface area contributed by atoms with Crippen LogP contribution in [-0.4, -0.2) is 52.6 Å². The second kappa shape index (κ2) is 9.09. The third-order valence-electron chi connectivity index (χ3n) is 2.67. The van der Waals surface area contributed by atoms with Crippen LogP contribution in [0.15, 0.2) is 0 Å². The predicted octanol–water partition coefficient (Wildman–Crippen LogP) is 0.381. The minimum atomic E-state index is 0.696. The maximum Gasteiger partial charge on any atom is 0.0700 e. The Morgan fingerprint density at radius 3 is 2.73 bits per heavy atom. The molecule has 4 nitrogen and oxygen atoms in total. The van der Waals surface area contributed by atoms with Crippen LogP contribution in [0.2, 0.25) is 0 Å². The molecule has 0 aromatic rings. The fourth-order valence-electron chi connectivity index (χ4n) is 1.75. The molecule has 1 aliphatic heterocycles. The summed E-state index contributed by atoms with van der Waals surface area (Å²) in [5, 5.41) is 6.92. The summed E-state index contributed by atoms with van der Waals surface area (Å²) in [6, 6.07) is 0.713. The maximum atomic E-state index is 5.39. The number of rotatable bonds is 8. The molecule has 90 valence electrons. The van der Waals surface area contributed by atoms with Crippen LogP contribution in [0.1, 0.15) is 19.3 Å². The Balaban J connectivity index is 1.79. The van der Waals surface area contributed by atoms with Crippen molar-refractivity contribution < 1.29 is 9.47 Å². The Morgan fingerprint density at radius 1 is 1.20 bits per heavy atom. The van der Waals surface area contributed by atoms with E-state index in [1.165, 1.54) is 12.8 Å². The number of piperidine rings is 1. The van der Waals surface area contributed by atoms with E-state index in [1.807, 2.05) is 0 Å². The molecule has 15 heavy (non-hydrogen) atoms. The van der Waals surface area contributed by atoms with Gasteiger partial charge in [0.1, 0.15) is 0 Å². The van der Waals surface area contributed by atoms with Crippen LogP contribution in [0, 0.1) is 0 Å². The van der Waals surface area contributed by atoms with E-state index in [9.17, 15) is 0 Å². The number of hydrogen-bond donors (Lipinski definition) is 2. The van der Waals surface area contributed by atoms with E-state index in [1.54, 1.807) is 7.11 Å². The summed E-state index contributed by atoms with van der Waals surface area (Å²) in [4.78, 5) is 0. The van der Waals surface area contributed by atoms with Crippen LogP contribution in [0.3, 0.4) is 0 Å². The van der Waals surface area contributed by atoms with Crippen molar-refractivity contribution in [3.05, 3.63) is 0 Å². The van der Waals surface area contributed by atoms with E-state index < -0.39 is 0 Å². The van der Waals surface area contributed by atoms with Crippen LogP contribution in [0.5, 0.6) is 0 Å². The Morgan fingerprint density at radius 2 is 2.00 bits per heavy atom. The molecule has 0 atom stereocenters. The molecule has 0 saturated carbocycles. The molecule has 1 heterocycles. The van der Waals surface area contributed by atoms with E-state index >= 15 is 0 Å². The Kier molecular flexibility index (Phi) is 7.83. The molecule has 1 fully saturated rings. The van der Waals surface area contributed by atoms with Gasteiger partial charge in [-0.15, -0.1) is 0 Å². The SMILES string of the molecule is COCCOCCCNC1CCNCC1. The Bertz CT molecular complexity index is 139. The second-order valence-electron chi connectivity index (χ2n) is 3.94. The molecular formula is C11H24N2O2. The van der Waals surface area contributed by atoms with Gasteiger partial charge in [0.25, 0.3) is 0 Å². The van der Waals surface area contributed by atoms with Gasteiger partial charge in [-0.2, -0.15) is 0 Å². The zero-order valence-electron chi connectivity index (χ0n) is 9.76. The number of methoxy groups -OCH3 is 1. The highest BCUT2D eigenvalue weighted by molar-refractivity contribution is 4.73. The van der Waals surface area contributed by atoms with E-state index in [4.69, 9.17) is 9.47 Å². The molecule has 0 aromatic carbocycles. The minimum absolute atomic E-state index is 0.696. The predicted molar refractivity (Wildman–Crippen MR) is 61.2 cm³/mol. The van der Waals surface area contributed by atoms with Gasteiger partial charge >= 0.3 is 0 Å². The zero-order chi connectivity index (χ0) is 10.8. The van der Waals surface area contributed by atoms with Crippen LogP contribution in [0.4, 0.5) is 0 Å². The quantitative estimate of drug-likeness (QED) is 0.576. The molecule has 4 heteroatoms. The number of nitrogens with one attached hydrogen (secondary N) is 2. The molecule has 0 unspecified atom stereocenters. The Labute approximate surface area is 92.7 Å². The Hall–Kier alpha value is -0.160. The van der Waals surface area contributed by atoms with Crippen molar-refractivity contribution in [1.82, 2.24) is 10.6 Å². The number of ether oxygens (including phenoxy) is 2. The standard InChI is InChI=1S/C11H24N2O2/c1-14-9-10-15-8-2-5-13-11-3-6-12-7-4-11/h11-13H,2-10H2,1H3. The summed E-state index contributed by atoms with van der Waals surface area (Å²) >= 11 is 0. The van der Waals surface area contributed by atoms with E-state index in [0.717, 1.165) is 32.7 Å². The lowest BCUT2D eigenvalue weighted by Gasteiger charge is -2.23. The first-order chi connectivity index (χ1) is 7.43. The molecule has 0 aliphatic carbocycles. The fourth-order valence-corrected chi connectivity index (χ4v) is 1.75. The molecule has 0 aromatic heterocycles. The summed E-state index contributed by atoms with van der Waals surface area (Å²) < 4.78 is 10.3. The van der Waals surface area contributed by atoms with Crippen molar-refractivity contribution in [2.45, 2.75) is 25.3 Å². The maximum absolute atomic E-state index is 5.39. The van der Waals surface area contributed by atoms with Gasteiger partial charge in [-0.25, -0.2) is 0 Å². The third-order valence-corrected chi connectivity index (χ3v) is 2.67. The highest BCUT2D eigenvalue weighted by Gasteiger charge is 2.10. The highest BCUT2D eigenvalue weighted by atomic mass is 16.5. The summed E-state index contributed by atoms with van der Waals surface area (Å²) in [6.07, 6.45) is 3.60. The summed E-state index contributed by atoms with van der Waals surface area (Å²) in [5.41, 5.74) is 0. The molecule has 0 radical (unpaired) electrons. The summed E-state index contributed by atoms with van der Waals surface area (Å²) in [5.74, 6) is 0. The minimum Gasteiger partial charge on any atom is -0.382 e. The van der Waals surface area contributed by atoms with E-state index in [2.05, 4.69) is 10.6 Å². The van der Waals surface area contributed by atoms with Gasteiger partial charge < -0.3 is 20.1 Å². The topological polar surface area (TPSA) is 42.5 Å². The third kappa shape index (κ3) is 6.84. The molecule has 2 N–H and O–H groups in total. The van der Waals surface area contributed by atoms with Crippen LogP contribution in [-0.2, 0) is 9.47 Å². The van der Waals surface area contributed by atoms with Gasteiger partial charge in [0.05, 0.1) is 13.2 Å². The molecule has 1 saturated heterocycles. The number of hydrogen-bond acceptors (Lipinski definition) is 4. The lowest BCUT2D eigenvalue weighted by molar-refractivity contribution is 0.0691. The first-order valence-electron chi connectivity index (χ1n) is 5.94. The average molecular weight is 216 g/mol. The molecule has 1 rings (SSSR count). The van der Waals surface area contributed by atoms with Crippen molar-refractivity contribution in [2.75, 3.05) is 46.6 Å². The van der Waals surface area contributed by atoms with Crippen molar-refractivity contribution in [1.29, 1.82) is 0 Å². The lowest BCUT2D eigenvalue weighted by atomic mass is 10.1. The smallest absolute Gasteiger partial charge is 0.0700 e. The van der Waals surface area contributed by atoms with Crippen LogP contribution < -0.4 is 10.6 Å². The fraction of sp³-hybridized carbons (Fsp3) is 1.00. The van der Waals surface area contributed by atoms with Crippen molar-refractivity contribution in [3.8, 4) is 0 Å². The van der Waals surface area contributed by atoms with E-state index in [0.29, 0.717) is 19.3 Å². The van der Waals surface area contributed by atoms with Crippen LogP contribution in [0.25, 0.3) is 0 Å². The van der Waals surface area contributed by atoms with Gasteiger partial charge in [-0.05, 0) is 38.9 Å². The molecular weight excluding hydrogens is 192 g/mol. The van der Waals surface area contributed by atoms with Crippen molar-refractivity contribution >= 4 is 0 Å². The average Bonchev–Trinajstić information content (AvgIpc) is 2.29. The van der Waals surface area contributed by atoms with Crippen molar-refractivity contribution in [3.63, 3.8) is 0 Å². The lowest BCUT2D eigenvalue weighted by Crippen LogP contribution is -2.40. The van der Waals surface area contributed by atoms with Gasteiger partial charge in [0, 0.05) is 19.8 Å². The van der Waals surface area contributed by atoms with Crippen LogP contribution >= 0.6 is 0 Å². The largest absolute Gasteiger partial charge is 0.382 e. The van der Waals surface area contributed by atoms with Gasteiger partial charge in [-0.1, -0.05) is 0 Å². The molecule has 1 aliphatic rings. The highest BCUT2D eigenvalue weighted by Crippen LogP contribution is 2.01. The molecule has 0 bridgehead atoms. The zero-order valence-corrected chi connectivity index (χ0v) is 9.76. The monoisotopic (exact) mass is 216 g/mol. The first kappa shape index (κ1) is 12.9. The summed E-state index contributed by atoms with van der Waals surface area (Å²) in [7, 11) is 1.70. The second-order valence-corrected chi connectivity index (χ2v) is 3.94. The normalized spacial score (nSPS) is 18.2.